The molecule has 36 heavy (non-hydrogen) atoms. The molecule has 1 N–H and O–H groups in total. The van der Waals surface area contributed by atoms with Gasteiger partial charge in [-0.05, 0) is 72.6 Å². The summed E-state index contributed by atoms with van der Waals surface area (Å²) in [6.45, 7) is 7.25. The summed E-state index contributed by atoms with van der Waals surface area (Å²) in [7, 11) is 0. The van der Waals surface area contributed by atoms with Crippen molar-refractivity contribution in [1.29, 1.82) is 0 Å². The van der Waals surface area contributed by atoms with Gasteiger partial charge in [0.2, 0.25) is 5.82 Å². The fourth-order valence-electron chi connectivity index (χ4n) is 5.01. The zero-order valence-electron chi connectivity index (χ0n) is 20.8. The largest absolute Gasteiger partial charge is 0.475 e. The van der Waals surface area contributed by atoms with Gasteiger partial charge in [0.1, 0.15) is 22.7 Å². The molecule has 3 heterocycles. The number of carboxylic acid groups (broad SMARTS) is 1. The average Bonchev–Trinajstić information content (AvgIpc) is 3.23. The normalized spacial score (nSPS) is 18.1. The van der Waals surface area contributed by atoms with Gasteiger partial charge in [-0.2, -0.15) is 0 Å². The first-order valence-electron chi connectivity index (χ1n) is 12.5. The van der Waals surface area contributed by atoms with E-state index >= 15 is 0 Å². The number of carboxylic acids is 1. The van der Waals surface area contributed by atoms with Crippen LogP contribution in [0.5, 0.6) is 0 Å². The molecule has 5 rings (SSSR count). The number of aromatic nitrogens is 5. The maximum atomic E-state index is 13.7. The van der Waals surface area contributed by atoms with Gasteiger partial charge in [-0.25, -0.2) is 24.1 Å². The van der Waals surface area contributed by atoms with Gasteiger partial charge in [0.25, 0.3) is 0 Å². The van der Waals surface area contributed by atoms with E-state index in [9.17, 15) is 14.3 Å². The molecule has 0 spiro atoms. The number of hydrogen-bond acceptors (Lipinski definition) is 5. The molecule has 3 aromatic heterocycles. The molecule has 186 valence electrons. The minimum atomic E-state index is -1.24. The Hall–Kier alpha value is -3.68. The van der Waals surface area contributed by atoms with Crippen LogP contribution in [0, 0.1) is 17.7 Å². The van der Waals surface area contributed by atoms with Crippen LogP contribution in [-0.4, -0.2) is 35.6 Å². The maximum Gasteiger partial charge on any atom is 0.374 e. The van der Waals surface area contributed by atoms with Crippen molar-refractivity contribution < 1.29 is 14.3 Å². The predicted octanol–water partition coefficient (Wildman–Crippen LogP) is 6.34. The molecular weight excluding hydrogens is 457 g/mol. The first kappa shape index (κ1) is 24.0. The number of carbonyl (C=O) groups is 1. The lowest BCUT2D eigenvalue weighted by atomic mass is 9.83. The molecule has 1 fully saturated rings. The summed E-state index contributed by atoms with van der Waals surface area (Å²) in [5.41, 5.74) is 3.85. The van der Waals surface area contributed by atoms with Crippen LogP contribution in [0.2, 0.25) is 0 Å². The Morgan fingerprint density at radius 1 is 1.08 bits per heavy atom. The summed E-state index contributed by atoms with van der Waals surface area (Å²) in [6.07, 6.45) is 6.36. The van der Waals surface area contributed by atoms with Crippen molar-refractivity contribution in [3.63, 3.8) is 0 Å². The number of halogens is 1. The van der Waals surface area contributed by atoms with Crippen molar-refractivity contribution in [2.45, 2.75) is 58.9 Å². The second-order valence-electron chi connectivity index (χ2n) is 10.2. The fraction of sp³-hybridized carbons (Fsp3) is 0.393. The molecule has 0 amide bonds. The Morgan fingerprint density at radius 3 is 2.47 bits per heavy atom. The van der Waals surface area contributed by atoms with E-state index in [1.807, 2.05) is 12.1 Å². The molecule has 1 aliphatic rings. The number of fused-ring (bicyclic) bond motifs is 1. The van der Waals surface area contributed by atoms with E-state index < -0.39 is 5.97 Å². The van der Waals surface area contributed by atoms with E-state index in [2.05, 4.69) is 40.3 Å². The van der Waals surface area contributed by atoms with Crippen molar-refractivity contribution in [1.82, 2.24) is 24.5 Å². The molecule has 0 aliphatic heterocycles. The van der Waals surface area contributed by atoms with Crippen molar-refractivity contribution in [2.24, 2.45) is 11.8 Å². The zero-order chi connectivity index (χ0) is 25.4. The van der Waals surface area contributed by atoms with Crippen LogP contribution < -0.4 is 0 Å². The van der Waals surface area contributed by atoms with Gasteiger partial charge in [-0.15, -0.1) is 0 Å². The summed E-state index contributed by atoms with van der Waals surface area (Å²) >= 11 is 0. The molecule has 0 unspecified atom stereocenters. The van der Waals surface area contributed by atoms with E-state index in [0.29, 0.717) is 52.3 Å². The first-order chi connectivity index (χ1) is 17.3. The molecule has 8 heteroatoms. The average molecular weight is 488 g/mol. The minimum Gasteiger partial charge on any atom is -0.475 e. The van der Waals surface area contributed by atoms with Crippen LogP contribution in [0.1, 0.15) is 68.6 Å². The van der Waals surface area contributed by atoms with Crippen molar-refractivity contribution in [2.75, 3.05) is 0 Å². The van der Waals surface area contributed by atoms with E-state index in [1.165, 1.54) is 25.0 Å². The van der Waals surface area contributed by atoms with E-state index in [1.54, 1.807) is 18.3 Å². The highest BCUT2D eigenvalue weighted by molar-refractivity contribution is 5.94. The van der Waals surface area contributed by atoms with E-state index in [0.717, 1.165) is 24.3 Å². The summed E-state index contributed by atoms with van der Waals surface area (Å²) in [4.78, 5) is 30.0. The Morgan fingerprint density at radius 2 is 1.81 bits per heavy atom. The van der Waals surface area contributed by atoms with Crippen LogP contribution in [0.4, 0.5) is 4.39 Å². The van der Waals surface area contributed by atoms with Crippen LogP contribution >= 0.6 is 0 Å². The number of aromatic carboxylic acids is 1. The van der Waals surface area contributed by atoms with E-state index in [4.69, 9.17) is 4.98 Å². The smallest absolute Gasteiger partial charge is 0.374 e. The number of rotatable bonds is 6. The van der Waals surface area contributed by atoms with Gasteiger partial charge in [-0.3, -0.25) is 4.98 Å². The predicted molar refractivity (Wildman–Crippen MR) is 136 cm³/mol. The molecular formula is C28H30FN5O2. The second kappa shape index (κ2) is 9.76. The van der Waals surface area contributed by atoms with Gasteiger partial charge in [0.05, 0.1) is 0 Å². The van der Waals surface area contributed by atoms with Gasteiger partial charge in [0.15, 0.2) is 11.5 Å². The Kier molecular flexibility index (Phi) is 6.51. The number of imidazole rings is 1. The topological polar surface area (TPSA) is 93.8 Å². The van der Waals surface area contributed by atoms with Gasteiger partial charge < -0.3 is 9.67 Å². The third kappa shape index (κ3) is 4.72. The lowest BCUT2D eigenvalue weighted by Crippen LogP contribution is -2.19. The highest BCUT2D eigenvalue weighted by Crippen LogP contribution is 2.35. The minimum absolute atomic E-state index is 0.303. The highest BCUT2D eigenvalue weighted by atomic mass is 19.1. The molecule has 1 saturated carbocycles. The fourth-order valence-corrected chi connectivity index (χ4v) is 5.01. The van der Waals surface area contributed by atoms with Gasteiger partial charge in [-0.1, -0.05) is 33.6 Å². The maximum absolute atomic E-state index is 13.7. The lowest BCUT2D eigenvalue weighted by Gasteiger charge is -2.27. The molecule has 0 radical (unpaired) electrons. The lowest BCUT2D eigenvalue weighted by molar-refractivity contribution is 0.0684. The Balaban J connectivity index is 1.76. The number of nitrogens with zero attached hydrogens (tertiary/aromatic N) is 5. The SMILES string of the molecule is CC(C)c1ccnc(-c2nc3nc(C(=O)O)nc(-c4ccc(F)cc4)c3n2C[C@H]2CC[C@H](C)CC2)c1. The Bertz CT molecular complexity index is 1410. The molecule has 0 saturated heterocycles. The highest BCUT2D eigenvalue weighted by Gasteiger charge is 2.26. The summed E-state index contributed by atoms with van der Waals surface area (Å²) in [6, 6.07) is 9.95. The zero-order valence-corrected chi connectivity index (χ0v) is 20.8. The third-order valence-corrected chi connectivity index (χ3v) is 7.17. The number of pyridine rings is 1. The summed E-state index contributed by atoms with van der Waals surface area (Å²) in [5.74, 6) is 0.185. The van der Waals surface area contributed by atoms with E-state index in [-0.39, 0.29) is 11.6 Å². The van der Waals surface area contributed by atoms with Crippen molar-refractivity contribution >= 4 is 17.1 Å². The first-order valence-corrected chi connectivity index (χ1v) is 12.5. The summed E-state index contributed by atoms with van der Waals surface area (Å²) < 4.78 is 15.8. The van der Waals surface area contributed by atoms with Crippen molar-refractivity contribution in [3.8, 4) is 22.8 Å². The molecule has 1 aromatic carbocycles. The van der Waals surface area contributed by atoms with Gasteiger partial charge >= 0.3 is 5.97 Å². The Labute approximate surface area is 209 Å². The second-order valence-corrected chi connectivity index (χ2v) is 10.2. The quantitative estimate of drug-likeness (QED) is 0.341. The van der Waals surface area contributed by atoms with Crippen LogP contribution in [0.3, 0.4) is 0 Å². The standard InChI is InChI=1S/C28H30FN5O2/c1-16(2)20-12-13-30-22(14-20)27-33-25-24(34(27)15-18-6-4-17(3)5-7-18)23(31-26(32-25)28(35)36)19-8-10-21(29)11-9-19/h8-14,16-18H,4-7,15H2,1-3H3,(H,35,36)/t17-,18-. The van der Waals surface area contributed by atoms with Crippen LogP contribution in [0.25, 0.3) is 33.9 Å². The molecule has 7 nitrogen and oxygen atoms in total. The van der Waals surface area contributed by atoms with Crippen LogP contribution in [0.15, 0.2) is 42.6 Å². The number of hydrogen-bond donors (Lipinski definition) is 1. The molecule has 4 aromatic rings. The third-order valence-electron chi connectivity index (χ3n) is 7.17. The molecule has 1 aliphatic carbocycles. The number of benzene rings is 1. The van der Waals surface area contributed by atoms with Crippen molar-refractivity contribution in [3.05, 3.63) is 59.8 Å². The molecule has 0 atom stereocenters. The van der Waals surface area contributed by atoms with Crippen LogP contribution in [-0.2, 0) is 6.54 Å². The molecule has 0 bridgehead atoms. The monoisotopic (exact) mass is 487 g/mol. The summed E-state index contributed by atoms with van der Waals surface area (Å²) in [5, 5.41) is 9.70. The van der Waals surface area contributed by atoms with Gasteiger partial charge in [0, 0.05) is 18.3 Å².